The Hall–Kier alpha value is -1.20. The normalized spacial score (nSPS) is 12.9. The maximum absolute atomic E-state index is 4.78. The van der Waals surface area contributed by atoms with Crippen LogP contribution in [0, 0.1) is 13.8 Å². The highest BCUT2D eigenvalue weighted by Gasteiger charge is 2.12. The highest BCUT2D eigenvalue weighted by molar-refractivity contribution is 7.11. The lowest BCUT2D eigenvalue weighted by atomic mass is 10.2. The van der Waals surface area contributed by atoms with Crippen LogP contribution in [0.1, 0.15) is 34.2 Å². The van der Waals surface area contributed by atoms with Gasteiger partial charge in [-0.25, -0.2) is 4.98 Å². The van der Waals surface area contributed by atoms with Crippen molar-refractivity contribution in [3.8, 4) is 0 Å². The van der Waals surface area contributed by atoms with Gasteiger partial charge < -0.3 is 9.84 Å². The van der Waals surface area contributed by atoms with Crippen LogP contribution in [0.4, 0.5) is 0 Å². The zero-order valence-electron chi connectivity index (χ0n) is 9.65. The van der Waals surface area contributed by atoms with Crippen LogP contribution < -0.4 is 5.32 Å². The molecular weight excluding hydrogens is 222 g/mol. The molecule has 0 fully saturated rings. The fraction of sp³-hybridized carbons (Fsp3) is 0.455. The van der Waals surface area contributed by atoms with Crippen LogP contribution in [-0.4, -0.2) is 10.1 Å². The van der Waals surface area contributed by atoms with E-state index in [9.17, 15) is 0 Å². The Balaban J connectivity index is 1.98. The molecule has 0 spiro atoms. The van der Waals surface area contributed by atoms with Crippen LogP contribution in [0.25, 0.3) is 0 Å². The van der Waals surface area contributed by atoms with Gasteiger partial charge >= 0.3 is 0 Å². The Labute approximate surface area is 98.7 Å². The Morgan fingerprint density at radius 3 is 2.88 bits per heavy atom. The first-order valence-electron chi connectivity index (χ1n) is 5.23. The molecule has 5 heteroatoms. The molecule has 0 saturated heterocycles. The fourth-order valence-corrected chi connectivity index (χ4v) is 2.54. The van der Waals surface area contributed by atoms with E-state index in [1.54, 1.807) is 17.6 Å². The van der Waals surface area contributed by atoms with E-state index in [-0.39, 0.29) is 6.04 Å². The van der Waals surface area contributed by atoms with Gasteiger partial charge in [-0.3, -0.25) is 0 Å². The van der Waals surface area contributed by atoms with Crippen molar-refractivity contribution in [3.63, 3.8) is 0 Å². The largest absolute Gasteiger partial charge is 0.364 e. The summed E-state index contributed by atoms with van der Waals surface area (Å²) in [6.45, 7) is 6.95. The summed E-state index contributed by atoms with van der Waals surface area (Å²) in [4.78, 5) is 5.80. The lowest BCUT2D eigenvalue weighted by Crippen LogP contribution is -2.19. The zero-order chi connectivity index (χ0) is 11.5. The van der Waals surface area contributed by atoms with E-state index < -0.39 is 0 Å². The summed E-state index contributed by atoms with van der Waals surface area (Å²) < 4.78 is 4.78. The van der Waals surface area contributed by atoms with Gasteiger partial charge in [0.15, 0.2) is 0 Å². The van der Waals surface area contributed by atoms with Gasteiger partial charge in [0, 0.05) is 23.5 Å². The van der Waals surface area contributed by atoms with E-state index in [2.05, 4.69) is 29.3 Å². The van der Waals surface area contributed by atoms with Crippen molar-refractivity contribution in [1.82, 2.24) is 15.5 Å². The topological polar surface area (TPSA) is 51.0 Å². The predicted octanol–water partition coefficient (Wildman–Crippen LogP) is 2.60. The van der Waals surface area contributed by atoms with Gasteiger partial charge in [0.1, 0.15) is 6.26 Å². The first kappa shape index (κ1) is 11.3. The molecule has 0 aliphatic rings. The van der Waals surface area contributed by atoms with Gasteiger partial charge in [0.05, 0.1) is 16.4 Å². The van der Waals surface area contributed by atoms with Gasteiger partial charge in [0.2, 0.25) is 0 Å². The molecule has 0 bridgehead atoms. The molecule has 4 nitrogen and oxygen atoms in total. The lowest BCUT2D eigenvalue weighted by molar-refractivity contribution is 0.405. The minimum Gasteiger partial charge on any atom is -0.364 e. The van der Waals surface area contributed by atoms with Crippen molar-refractivity contribution < 1.29 is 4.52 Å². The molecule has 0 saturated carbocycles. The highest BCUT2D eigenvalue weighted by atomic mass is 32.1. The van der Waals surface area contributed by atoms with Crippen molar-refractivity contribution in [2.24, 2.45) is 0 Å². The second kappa shape index (κ2) is 4.76. The Morgan fingerprint density at radius 2 is 2.31 bits per heavy atom. The third-order valence-electron chi connectivity index (χ3n) is 2.43. The molecule has 2 heterocycles. The highest BCUT2D eigenvalue weighted by Crippen LogP contribution is 2.22. The average molecular weight is 237 g/mol. The van der Waals surface area contributed by atoms with Crippen LogP contribution in [0.5, 0.6) is 0 Å². The molecule has 1 unspecified atom stereocenters. The number of rotatable bonds is 4. The van der Waals surface area contributed by atoms with Crippen LogP contribution >= 0.6 is 11.3 Å². The van der Waals surface area contributed by atoms with Crippen molar-refractivity contribution in [1.29, 1.82) is 0 Å². The number of aryl methyl sites for hydroxylation is 2. The zero-order valence-corrected chi connectivity index (χ0v) is 10.5. The molecule has 0 amide bonds. The molecular formula is C11H15N3OS. The maximum atomic E-state index is 4.78. The summed E-state index contributed by atoms with van der Waals surface area (Å²) >= 11 is 1.74. The van der Waals surface area contributed by atoms with Gasteiger partial charge in [0.25, 0.3) is 0 Å². The summed E-state index contributed by atoms with van der Waals surface area (Å²) in [6.07, 6.45) is 1.58. The number of aromatic nitrogens is 2. The smallest absolute Gasteiger partial charge is 0.124 e. The van der Waals surface area contributed by atoms with Crippen LogP contribution in [0.3, 0.4) is 0 Å². The minimum absolute atomic E-state index is 0.238. The summed E-state index contributed by atoms with van der Waals surface area (Å²) in [7, 11) is 0. The maximum Gasteiger partial charge on any atom is 0.124 e. The van der Waals surface area contributed by atoms with Crippen LogP contribution in [0.15, 0.2) is 16.9 Å². The first-order chi connectivity index (χ1) is 7.66. The third kappa shape index (κ3) is 2.48. The average Bonchev–Trinajstić information content (AvgIpc) is 2.84. The molecule has 2 rings (SSSR count). The van der Waals surface area contributed by atoms with E-state index in [0.29, 0.717) is 6.54 Å². The first-order valence-corrected chi connectivity index (χ1v) is 6.05. The van der Waals surface area contributed by atoms with E-state index >= 15 is 0 Å². The number of hydrogen-bond acceptors (Lipinski definition) is 5. The summed E-state index contributed by atoms with van der Waals surface area (Å²) in [6, 6.07) is 2.10. The van der Waals surface area contributed by atoms with Crippen molar-refractivity contribution in [3.05, 3.63) is 33.6 Å². The van der Waals surface area contributed by atoms with Crippen LogP contribution in [0.2, 0.25) is 0 Å². The van der Waals surface area contributed by atoms with Gasteiger partial charge in [-0.15, -0.1) is 11.3 Å². The van der Waals surface area contributed by atoms with Crippen molar-refractivity contribution in [2.75, 3.05) is 0 Å². The number of nitrogens with zero attached hydrogens (tertiary/aromatic N) is 2. The molecule has 1 atom stereocenters. The molecule has 0 aliphatic carbocycles. The monoisotopic (exact) mass is 237 g/mol. The molecule has 0 aromatic carbocycles. The SMILES string of the molecule is Cc1nc(C(C)NCc2ccon2)c(C)s1. The van der Waals surface area contributed by atoms with Crippen LogP contribution in [-0.2, 0) is 6.54 Å². The molecule has 0 aliphatic heterocycles. The summed E-state index contributed by atoms with van der Waals surface area (Å²) in [5, 5.41) is 8.34. The van der Waals surface area contributed by atoms with E-state index in [1.807, 2.05) is 13.0 Å². The summed E-state index contributed by atoms with van der Waals surface area (Å²) in [5.74, 6) is 0. The quantitative estimate of drug-likeness (QED) is 0.888. The predicted molar refractivity (Wildman–Crippen MR) is 63.3 cm³/mol. The number of nitrogens with one attached hydrogen (secondary N) is 1. The molecule has 1 N–H and O–H groups in total. The Kier molecular flexibility index (Phi) is 3.36. The standard InChI is InChI=1S/C11H15N3OS/c1-7(11-8(2)16-9(3)13-11)12-6-10-4-5-15-14-10/h4-5,7,12H,6H2,1-3H3. The fourth-order valence-electron chi connectivity index (χ4n) is 1.63. The number of thiazole rings is 1. The van der Waals surface area contributed by atoms with E-state index in [0.717, 1.165) is 16.4 Å². The second-order valence-corrected chi connectivity index (χ2v) is 5.18. The van der Waals surface area contributed by atoms with Gasteiger partial charge in [-0.05, 0) is 20.8 Å². The molecule has 16 heavy (non-hydrogen) atoms. The number of hydrogen-bond donors (Lipinski definition) is 1. The second-order valence-electron chi connectivity index (χ2n) is 3.77. The molecule has 2 aromatic rings. The Bertz CT molecular complexity index is 450. The minimum atomic E-state index is 0.238. The molecule has 0 radical (unpaired) electrons. The van der Waals surface area contributed by atoms with Crippen molar-refractivity contribution >= 4 is 11.3 Å². The Morgan fingerprint density at radius 1 is 1.50 bits per heavy atom. The summed E-state index contributed by atoms with van der Waals surface area (Å²) in [5.41, 5.74) is 2.04. The third-order valence-corrected chi connectivity index (χ3v) is 3.33. The molecule has 2 aromatic heterocycles. The van der Waals surface area contributed by atoms with Gasteiger partial charge in [-0.2, -0.15) is 0 Å². The van der Waals surface area contributed by atoms with Crippen molar-refractivity contribution in [2.45, 2.75) is 33.4 Å². The van der Waals surface area contributed by atoms with E-state index in [4.69, 9.17) is 4.52 Å². The molecule has 86 valence electrons. The lowest BCUT2D eigenvalue weighted by Gasteiger charge is -2.10. The van der Waals surface area contributed by atoms with E-state index in [1.165, 1.54) is 4.88 Å². The van der Waals surface area contributed by atoms with Gasteiger partial charge in [-0.1, -0.05) is 5.16 Å².